The molecule has 0 heterocycles. The van der Waals surface area contributed by atoms with Crippen molar-refractivity contribution in [3.63, 3.8) is 0 Å². The predicted molar refractivity (Wildman–Crippen MR) is 106 cm³/mol. The van der Waals surface area contributed by atoms with Gasteiger partial charge in [-0.1, -0.05) is 0 Å². The number of ketones is 2. The third-order valence-corrected chi connectivity index (χ3v) is 5.75. The monoisotopic (exact) mass is 476 g/mol. The first-order chi connectivity index (χ1) is 11.5. The summed E-state index contributed by atoms with van der Waals surface area (Å²) in [5, 5.41) is 0. The summed E-state index contributed by atoms with van der Waals surface area (Å²) in [6.07, 6.45) is 4.18. The van der Waals surface area contributed by atoms with Gasteiger partial charge in [-0.15, -0.1) is 0 Å². The van der Waals surface area contributed by atoms with Gasteiger partial charge in [0.1, 0.15) is 0 Å². The molecule has 1 fully saturated rings. The molecule has 0 atom stereocenters. The topological polar surface area (TPSA) is 74.8 Å². The number of carbonyl (C=O) groups is 2. The minimum absolute atomic E-state index is 0.0943. The number of hydrogen-bond donors (Lipinski definition) is 0. The summed E-state index contributed by atoms with van der Waals surface area (Å²) in [6.45, 7) is 0. The van der Waals surface area contributed by atoms with E-state index < -0.39 is 15.8 Å². The Balaban J connectivity index is 2.55. The van der Waals surface area contributed by atoms with Crippen molar-refractivity contribution in [2.45, 2.75) is 12.8 Å². The molecule has 0 unspecified atom stereocenters. The first kappa shape index (κ1) is 19.9. The molecular formula is C17H21IN2O4S. The zero-order valence-electron chi connectivity index (χ0n) is 14.6. The van der Waals surface area contributed by atoms with Gasteiger partial charge < -0.3 is 4.90 Å². The number of carbonyl (C=O) groups excluding carboxylic acids is 2. The highest BCUT2D eigenvalue weighted by Crippen LogP contribution is 2.34. The lowest BCUT2D eigenvalue weighted by Crippen LogP contribution is -2.28. The second-order valence-corrected chi connectivity index (χ2v) is 9.63. The van der Waals surface area contributed by atoms with Gasteiger partial charge in [-0.25, -0.2) is 8.42 Å². The maximum atomic E-state index is 13.1. The Kier molecular flexibility index (Phi) is 5.93. The van der Waals surface area contributed by atoms with Crippen LogP contribution in [0, 0.1) is 9.49 Å². The van der Waals surface area contributed by atoms with Gasteiger partial charge >= 0.3 is 0 Å². The van der Waals surface area contributed by atoms with E-state index in [2.05, 4.69) is 22.6 Å². The third kappa shape index (κ3) is 4.81. The second kappa shape index (κ2) is 7.45. The van der Waals surface area contributed by atoms with Crippen LogP contribution in [0.15, 0.2) is 30.0 Å². The summed E-state index contributed by atoms with van der Waals surface area (Å²) >= 11 is 2.06. The average molecular weight is 476 g/mol. The molecule has 0 amide bonds. The van der Waals surface area contributed by atoms with Gasteiger partial charge in [-0.3, -0.25) is 13.9 Å². The van der Waals surface area contributed by atoms with Crippen molar-refractivity contribution in [2.75, 3.05) is 31.7 Å². The van der Waals surface area contributed by atoms with Crippen molar-refractivity contribution in [1.29, 1.82) is 0 Å². The lowest BCUT2D eigenvalue weighted by molar-refractivity contribution is -0.116. The summed E-state index contributed by atoms with van der Waals surface area (Å²) < 4.78 is 25.7. The molecule has 1 aromatic carbocycles. The van der Waals surface area contributed by atoms with E-state index in [0.717, 1.165) is 27.0 Å². The zero-order valence-corrected chi connectivity index (χ0v) is 17.6. The molecule has 0 bridgehead atoms. The van der Waals surface area contributed by atoms with Crippen LogP contribution in [0.4, 0.5) is 5.69 Å². The van der Waals surface area contributed by atoms with Crippen LogP contribution in [0.2, 0.25) is 0 Å². The predicted octanol–water partition coefficient (Wildman–Crippen LogP) is 2.29. The number of anilines is 1. The lowest BCUT2D eigenvalue weighted by Gasteiger charge is -2.21. The summed E-state index contributed by atoms with van der Waals surface area (Å²) in [4.78, 5) is 27.3. The van der Waals surface area contributed by atoms with Gasteiger partial charge in [0.05, 0.1) is 17.5 Å². The molecule has 0 aliphatic heterocycles. The number of halogens is 1. The number of benzene rings is 1. The highest BCUT2D eigenvalue weighted by atomic mass is 127. The normalized spacial score (nSPS) is 15.0. The van der Waals surface area contributed by atoms with Crippen molar-refractivity contribution in [3.05, 3.63) is 39.1 Å². The standard InChI is InChI=1S/C17H21IN2O4S/c1-19(2)10-14(16(21)11-5-6-11)17(22)13-8-7-12(18)9-15(13)20(3)25(4,23)24/h7-11H,5-6H2,1-4H3/b14-10-. The molecule has 1 aromatic rings. The Morgan fingerprint density at radius 2 is 1.80 bits per heavy atom. The van der Waals surface area contributed by atoms with Gasteiger partial charge in [0, 0.05) is 42.4 Å². The Bertz CT molecular complexity index is 842. The van der Waals surface area contributed by atoms with Crippen LogP contribution < -0.4 is 4.31 Å². The molecule has 6 nitrogen and oxygen atoms in total. The van der Waals surface area contributed by atoms with E-state index in [0.29, 0.717) is 0 Å². The molecule has 0 spiro atoms. The summed E-state index contributed by atoms with van der Waals surface area (Å²) in [5.74, 6) is -0.729. The Morgan fingerprint density at radius 3 is 2.28 bits per heavy atom. The van der Waals surface area contributed by atoms with E-state index in [1.54, 1.807) is 37.2 Å². The fourth-order valence-electron chi connectivity index (χ4n) is 2.34. The highest BCUT2D eigenvalue weighted by molar-refractivity contribution is 14.1. The quantitative estimate of drug-likeness (QED) is 0.199. The molecule has 0 aromatic heterocycles. The van der Waals surface area contributed by atoms with E-state index in [9.17, 15) is 18.0 Å². The van der Waals surface area contributed by atoms with E-state index in [4.69, 9.17) is 0 Å². The summed E-state index contributed by atoms with van der Waals surface area (Å²) in [7, 11) is 1.34. The zero-order chi connectivity index (χ0) is 18.9. The first-order valence-electron chi connectivity index (χ1n) is 7.73. The fourth-order valence-corrected chi connectivity index (χ4v) is 3.32. The molecule has 136 valence electrons. The van der Waals surface area contributed by atoms with Gasteiger partial charge in [0.15, 0.2) is 11.6 Å². The van der Waals surface area contributed by atoms with Gasteiger partial charge in [0.25, 0.3) is 0 Å². The largest absolute Gasteiger partial charge is 0.383 e. The Hall–Kier alpha value is -1.42. The molecular weight excluding hydrogens is 455 g/mol. The van der Waals surface area contributed by atoms with Crippen molar-refractivity contribution in [3.8, 4) is 0 Å². The van der Waals surface area contributed by atoms with Crippen molar-refractivity contribution in [2.24, 2.45) is 5.92 Å². The van der Waals surface area contributed by atoms with Gasteiger partial charge in [-0.2, -0.15) is 0 Å². The van der Waals surface area contributed by atoms with Gasteiger partial charge in [0.2, 0.25) is 10.0 Å². The van der Waals surface area contributed by atoms with Crippen LogP contribution in [0.1, 0.15) is 23.2 Å². The molecule has 1 saturated carbocycles. The fraction of sp³-hybridized carbons (Fsp3) is 0.412. The SMILES string of the molecule is CN(C)/C=C(\C(=O)c1ccc(I)cc1N(C)S(C)(=O)=O)C(=O)C1CC1. The maximum Gasteiger partial charge on any atom is 0.232 e. The van der Waals surface area contributed by atoms with E-state index in [1.807, 2.05) is 0 Å². The Morgan fingerprint density at radius 1 is 1.20 bits per heavy atom. The van der Waals surface area contributed by atoms with E-state index in [1.165, 1.54) is 13.2 Å². The lowest BCUT2D eigenvalue weighted by atomic mass is 9.97. The van der Waals surface area contributed by atoms with Crippen LogP contribution >= 0.6 is 22.6 Å². The third-order valence-electron chi connectivity index (χ3n) is 3.89. The first-order valence-corrected chi connectivity index (χ1v) is 10.7. The Labute approximate surface area is 162 Å². The maximum absolute atomic E-state index is 13.1. The van der Waals surface area contributed by atoms with E-state index >= 15 is 0 Å². The highest BCUT2D eigenvalue weighted by Gasteiger charge is 2.35. The van der Waals surface area contributed by atoms with Crippen molar-refractivity contribution >= 4 is 49.9 Å². The van der Waals surface area contributed by atoms with Crippen molar-refractivity contribution < 1.29 is 18.0 Å². The smallest absolute Gasteiger partial charge is 0.232 e. The molecule has 2 rings (SSSR count). The molecule has 8 heteroatoms. The van der Waals surface area contributed by atoms with Crippen LogP contribution in [-0.4, -0.2) is 52.3 Å². The number of Topliss-reactive ketones (excluding diaryl/α,β-unsaturated/α-hetero) is 2. The average Bonchev–Trinajstić information content (AvgIpc) is 3.34. The summed E-state index contributed by atoms with van der Waals surface area (Å²) in [5.41, 5.74) is 0.569. The van der Waals surface area contributed by atoms with Crippen LogP contribution in [0.3, 0.4) is 0 Å². The summed E-state index contributed by atoms with van der Waals surface area (Å²) in [6, 6.07) is 4.93. The van der Waals surface area contributed by atoms with E-state index in [-0.39, 0.29) is 28.5 Å². The minimum atomic E-state index is -3.54. The molecule has 0 radical (unpaired) electrons. The van der Waals surface area contributed by atoms with Crippen LogP contribution in [0.25, 0.3) is 0 Å². The number of nitrogens with zero attached hydrogens (tertiary/aromatic N) is 2. The number of hydrogen-bond acceptors (Lipinski definition) is 5. The molecule has 1 aliphatic carbocycles. The molecule has 0 N–H and O–H groups in total. The minimum Gasteiger partial charge on any atom is -0.383 e. The second-order valence-electron chi connectivity index (χ2n) is 6.37. The molecule has 25 heavy (non-hydrogen) atoms. The molecule has 1 aliphatic rings. The number of rotatable bonds is 7. The van der Waals surface area contributed by atoms with Crippen molar-refractivity contribution in [1.82, 2.24) is 4.90 Å². The van der Waals surface area contributed by atoms with Gasteiger partial charge in [-0.05, 0) is 53.6 Å². The molecule has 0 saturated heterocycles. The number of sulfonamides is 1. The number of allylic oxidation sites excluding steroid dienone is 1. The van der Waals surface area contributed by atoms with Crippen LogP contribution in [0.5, 0.6) is 0 Å². The van der Waals surface area contributed by atoms with Crippen LogP contribution in [-0.2, 0) is 14.8 Å².